The number of hydrogen-bond donors (Lipinski definition) is 3. The summed E-state index contributed by atoms with van der Waals surface area (Å²) in [6, 6.07) is 2.43. The molecule has 2 heterocycles. The third-order valence-electron chi connectivity index (χ3n) is 4.19. The number of carbonyl (C=O) groups excluding carboxylic acids is 2. The fourth-order valence-electron chi connectivity index (χ4n) is 2.69. The van der Waals surface area contributed by atoms with Crippen LogP contribution < -0.4 is 10.0 Å². The Bertz CT molecular complexity index is 1300. The van der Waals surface area contributed by atoms with Gasteiger partial charge in [-0.2, -0.15) is 26.7 Å². The highest BCUT2D eigenvalue weighted by molar-refractivity contribution is 7.92. The number of rotatable bonds is 7. The molecular weight excluding hydrogens is 471 g/mol. The number of H-pyrrole nitrogens is 1. The molecule has 1 amide bonds. The Balaban J connectivity index is 1.94. The molecule has 0 aliphatic carbocycles. The summed E-state index contributed by atoms with van der Waals surface area (Å²) in [6.45, 7) is 2.88. The van der Waals surface area contributed by atoms with Crippen LogP contribution in [0.1, 0.15) is 39.0 Å². The molecule has 0 radical (unpaired) electrons. The van der Waals surface area contributed by atoms with E-state index in [1.54, 1.807) is 4.72 Å². The second-order valence-corrected chi connectivity index (χ2v) is 8.07. The van der Waals surface area contributed by atoms with Crippen molar-refractivity contribution in [1.29, 1.82) is 0 Å². The monoisotopic (exact) mass is 487 g/mol. The largest absolute Gasteiger partial charge is 0.462 e. The van der Waals surface area contributed by atoms with E-state index < -0.39 is 49.9 Å². The number of sulfonamides is 1. The van der Waals surface area contributed by atoms with Crippen LogP contribution in [-0.4, -0.2) is 42.3 Å². The molecule has 3 N–H and O–H groups in total. The number of aryl methyl sites for hydroxylation is 1. The van der Waals surface area contributed by atoms with Gasteiger partial charge in [-0.15, -0.1) is 0 Å². The molecule has 0 bridgehead atoms. The molecule has 11 nitrogen and oxygen atoms in total. The SMILES string of the molecule is CCOC(=O)c1cn[nH]c1S(=O)(=O)Nc1ccc(NC(=O)c2cnoc2C)cc1C(F)(F)F. The van der Waals surface area contributed by atoms with Crippen LogP contribution in [0.4, 0.5) is 24.5 Å². The number of aromatic amines is 1. The molecule has 0 unspecified atom stereocenters. The minimum atomic E-state index is -5.00. The van der Waals surface area contributed by atoms with E-state index in [-0.39, 0.29) is 23.6 Å². The third kappa shape index (κ3) is 5.14. The summed E-state index contributed by atoms with van der Waals surface area (Å²) in [7, 11) is -4.70. The van der Waals surface area contributed by atoms with Crippen LogP contribution in [-0.2, 0) is 20.9 Å². The molecule has 0 aliphatic rings. The maximum atomic E-state index is 13.7. The number of amides is 1. The van der Waals surface area contributed by atoms with Gasteiger partial charge in [0.05, 0.1) is 30.3 Å². The molecule has 0 saturated carbocycles. The van der Waals surface area contributed by atoms with Gasteiger partial charge in [0.25, 0.3) is 15.9 Å². The first-order chi connectivity index (χ1) is 15.4. The second kappa shape index (κ2) is 8.93. The normalized spacial score (nSPS) is 11.8. The number of hydrogen-bond acceptors (Lipinski definition) is 8. The summed E-state index contributed by atoms with van der Waals surface area (Å²) < 4.78 is 77.6. The molecule has 0 aliphatic heterocycles. The number of halogens is 3. The van der Waals surface area contributed by atoms with E-state index in [4.69, 9.17) is 9.26 Å². The van der Waals surface area contributed by atoms with Gasteiger partial charge < -0.3 is 14.6 Å². The molecule has 2 aromatic heterocycles. The number of aromatic nitrogens is 3. The second-order valence-electron chi connectivity index (χ2n) is 6.45. The Hall–Kier alpha value is -3.88. The van der Waals surface area contributed by atoms with Crippen molar-refractivity contribution in [3.8, 4) is 0 Å². The van der Waals surface area contributed by atoms with Crippen LogP contribution in [0.25, 0.3) is 0 Å². The number of nitrogens with one attached hydrogen (secondary N) is 3. The quantitative estimate of drug-likeness (QED) is 0.430. The number of anilines is 2. The lowest BCUT2D eigenvalue weighted by atomic mass is 10.1. The predicted octanol–water partition coefficient (Wildman–Crippen LogP) is 2.95. The van der Waals surface area contributed by atoms with Crippen LogP contribution in [0.3, 0.4) is 0 Å². The third-order valence-corrected chi connectivity index (χ3v) is 5.53. The van der Waals surface area contributed by atoms with Crippen molar-refractivity contribution in [2.75, 3.05) is 16.6 Å². The number of nitrogens with zero attached hydrogens (tertiary/aromatic N) is 2. The van der Waals surface area contributed by atoms with Crippen molar-refractivity contribution >= 4 is 33.3 Å². The molecule has 0 fully saturated rings. The molecule has 3 aromatic rings. The van der Waals surface area contributed by atoms with E-state index in [2.05, 4.69) is 20.7 Å². The standard InChI is InChI=1S/C18H16F3N5O6S/c1-3-31-17(28)12-7-22-25-16(12)33(29,30)26-14-5-4-10(6-13(14)18(19,20)21)24-15(27)11-8-23-32-9(11)2/h4-8,26H,3H2,1-2H3,(H,22,25)(H,24,27). The lowest BCUT2D eigenvalue weighted by Crippen LogP contribution is -2.20. The summed E-state index contributed by atoms with van der Waals surface area (Å²) in [5, 5.41) is 10.4. The van der Waals surface area contributed by atoms with Crippen LogP contribution in [0.2, 0.25) is 0 Å². The Morgan fingerprint density at radius 3 is 2.55 bits per heavy atom. The smallest absolute Gasteiger partial charge is 0.418 e. The lowest BCUT2D eigenvalue weighted by Gasteiger charge is -2.16. The van der Waals surface area contributed by atoms with Gasteiger partial charge in [0.1, 0.15) is 16.9 Å². The number of ether oxygens (including phenoxy) is 1. The maximum absolute atomic E-state index is 13.7. The molecular formula is C18H16F3N5O6S. The summed E-state index contributed by atoms with van der Waals surface area (Å²) >= 11 is 0. The van der Waals surface area contributed by atoms with E-state index in [0.29, 0.717) is 6.07 Å². The molecule has 176 valence electrons. The zero-order chi connectivity index (χ0) is 24.4. The topological polar surface area (TPSA) is 156 Å². The number of esters is 1. The van der Waals surface area contributed by atoms with Gasteiger partial charge >= 0.3 is 12.1 Å². The van der Waals surface area contributed by atoms with Gasteiger partial charge in [-0.05, 0) is 32.0 Å². The van der Waals surface area contributed by atoms with Crippen molar-refractivity contribution < 1.29 is 40.4 Å². The van der Waals surface area contributed by atoms with Gasteiger partial charge in [0.2, 0.25) is 0 Å². The Labute approximate surface area is 184 Å². The first kappa shape index (κ1) is 23.8. The predicted molar refractivity (Wildman–Crippen MR) is 106 cm³/mol. The van der Waals surface area contributed by atoms with E-state index in [1.165, 1.54) is 13.8 Å². The average Bonchev–Trinajstić information content (AvgIpc) is 3.38. The Morgan fingerprint density at radius 2 is 1.94 bits per heavy atom. The van der Waals surface area contributed by atoms with E-state index in [9.17, 15) is 31.2 Å². The minimum absolute atomic E-state index is 0.0130. The van der Waals surface area contributed by atoms with Crippen LogP contribution in [0.5, 0.6) is 0 Å². The lowest BCUT2D eigenvalue weighted by molar-refractivity contribution is -0.136. The van der Waals surface area contributed by atoms with Crippen molar-refractivity contribution in [2.45, 2.75) is 25.0 Å². The average molecular weight is 487 g/mol. The van der Waals surface area contributed by atoms with Gasteiger partial charge in [-0.1, -0.05) is 5.16 Å². The minimum Gasteiger partial charge on any atom is -0.462 e. The number of alkyl halides is 3. The highest BCUT2D eigenvalue weighted by Gasteiger charge is 2.36. The number of benzene rings is 1. The van der Waals surface area contributed by atoms with Gasteiger partial charge in [-0.25, -0.2) is 4.79 Å². The summed E-state index contributed by atoms with van der Waals surface area (Å²) in [4.78, 5) is 24.1. The van der Waals surface area contributed by atoms with Crippen LogP contribution >= 0.6 is 0 Å². The molecule has 0 saturated heterocycles. The summed E-state index contributed by atoms with van der Waals surface area (Å²) in [5.41, 5.74) is -2.95. The zero-order valence-electron chi connectivity index (χ0n) is 17.0. The van der Waals surface area contributed by atoms with Gasteiger partial charge in [-0.3, -0.25) is 14.6 Å². The molecule has 1 aromatic carbocycles. The van der Waals surface area contributed by atoms with Gasteiger partial charge in [0, 0.05) is 5.69 Å². The van der Waals surface area contributed by atoms with Crippen molar-refractivity contribution in [3.05, 3.63) is 53.0 Å². The van der Waals surface area contributed by atoms with Gasteiger partial charge in [0.15, 0.2) is 5.03 Å². The highest BCUT2D eigenvalue weighted by atomic mass is 32.2. The first-order valence-corrected chi connectivity index (χ1v) is 10.6. The van der Waals surface area contributed by atoms with Crippen molar-refractivity contribution in [2.24, 2.45) is 0 Å². The summed E-state index contributed by atoms with van der Waals surface area (Å²) in [6.07, 6.45) is -3.02. The fourth-order valence-corrected chi connectivity index (χ4v) is 3.86. The first-order valence-electron chi connectivity index (χ1n) is 9.11. The molecule has 0 spiro atoms. The maximum Gasteiger partial charge on any atom is 0.418 e. The van der Waals surface area contributed by atoms with Crippen molar-refractivity contribution in [1.82, 2.24) is 15.4 Å². The van der Waals surface area contributed by atoms with Crippen molar-refractivity contribution in [3.63, 3.8) is 0 Å². The summed E-state index contributed by atoms with van der Waals surface area (Å²) in [5.74, 6) is -1.64. The molecule has 3 rings (SSSR count). The molecule has 33 heavy (non-hydrogen) atoms. The van der Waals surface area contributed by atoms with Crippen LogP contribution in [0, 0.1) is 6.92 Å². The van der Waals surface area contributed by atoms with E-state index in [0.717, 1.165) is 24.5 Å². The highest BCUT2D eigenvalue weighted by Crippen LogP contribution is 2.37. The van der Waals surface area contributed by atoms with E-state index >= 15 is 0 Å². The number of carbonyl (C=O) groups is 2. The molecule has 0 atom stereocenters. The van der Waals surface area contributed by atoms with Crippen LogP contribution in [0.15, 0.2) is 40.1 Å². The Kier molecular flexibility index (Phi) is 6.44. The fraction of sp³-hybridized carbons (Fsp3) is 0.222. The molecule has 15 heteroatoms. The van der Waals surface area contributed by atoms with E-state index in [1.807, 2.05) is 0 Å². The Morgan fingerprint density at radius 1 is 1.21 bits per heavy atom. The zero-order valence-corrected chi connectivity index (χ0v) is 17.8.